The average Bonchev–Trinajstić information content (AvgIpc) is 3.58. The minimum Gasteiger partial charge on any atom is -0.497 e. The maximum atomic E-state index is 12.6. The maximum absolute atomic E-state index is 12.6. The zero-order chi connectivity index (χ0) is 26.0. The lowest BCUT2D eigenvalue weighted by Crippen LogP contribution is -2.26. The number of carboxylic acid groups (broad SMARTS) is 1. The van der Waals surface area contributed by atoms with E-state index in [0.29, 0.717) is 31.1 Å². The highest BCUT2D eigenvalue weighted by atomic mass is 16.5. The van der Waals surface area contributed by atoms with Crippen molar-refractivity contribution in [3.8, 4) is 5.75 Å². The molecular weight excluding hydrogens is 470 g/mol. The van der Waals surface area contributed by atoms with E-state index in [2.05, 4.69) is 15.2 Å². The Morgan fingerprint density at radius 1 is 1.14 bits per heavy atom. The number of rotatable bonds is 13. The molecule has 2 fully saturated rings. The van der Waals surface area contributed by atoms with Gasteiger partial charge in [0.15, 0.2) is 5.69 Å². The largest absolute Gasteiger partial charge is 0.497 e. The zero-order valence-corrected chi connectivity index (χ0v) is 22.0. The van der Waals surface area contributed by atoms with E-state index in [0.717, 1.165) is 55.0 Å². The molecule has 8 nitrogen and oxygen atoms in total. The molecule has 1 aromatic carbocycles. The molecule has 1 amide bonds. The number of benzene rings is 1. The first kappa shape index (κ1) is 27.2. The second-order valence-electron chi connectivity index (χ2n) is 10.5. The molecule has 1 unspecified atom stereocenters. The molecule has 8 heteroatoms. The van der Waals surface area contributed by atoms with Crippen LogP contribution in [0.5, 0.6) is 5.75 Å². The molecule has 37 heavy (non-hydrogen) atoms. The van der Waals surface area contributed by atoms with Crippen molar-refractivity contribution in [2.45, 2.75) is 89.6 Å². The van der Waals surface area contributed by atoms with Gasteiger partial charge in [0.25, 0.3) is 5.91 Å². The summed E-state index contributed by atoms with van der Waals surface area (Å²) in [4.78, 5) is 30.6. The number of ether oxygens (including phenoxy) is 1. The quantitative estimate of drug-likeness (QED) is 0.341. The zero-order valence-electron chi connectivity index (χ0n) is 22.0. The van der Waals surface area contributed by atoms with Gasteiger partial charge < -0.3 is 19.6 Å². The number of oxazole rings is 1. The number of hydrogen-bond donors (Lipinski definition) is 2. The van der Waals surface area contributed by atoms with Crippen LogP contribution in [-0.2, 0) is 17.8 Å². The Bertz CT molecular complexity index is 1030. The maximum Gasteiger partial charge on any atom is 0.303 e. The van der Waals surface area contributed by atoms with Crippen molar-refractivity contribution in [3.63, 3.8) is 0 Å². The number of aromatic nitrogens is 1. The molecule has 1 saturated heterocycles. The average molecular weight is 512 g/mol. The van der Waals surface area contributed by atoms with E-state index in [1.807, 2.05) is 18.2 Å². The fourth-order valence-corrected chi connectivity index (χ4v) is 5.75. The van der Waals surface area contributed by atoms with Crippen LogP contribution < -0.4 is 10.1 Å². The van der Waals surface area contributed by atoms with E-state index in [4.69, 9.17) is 14.3 Å². The Morgan fingerprint density at radius 2 is 1.97 bits per heavy atom. The number of hydrogen-bond acceptors (Lipinski definition) is 6. The summed E-state index contributed by atoms with van der Waals surface area (Å²) < 4.78 is 11.2. The number of likely N-dealkylation sites (tertiary alicyclic amines) is 1. The minimum absolute atomic E-state index is 0.0180. The molecule has 2 N–H and O–H groups in total. The van der Waals surface area contributed by atoms with E-state index < -0.39 is 5.97 Å². The highest BCUT2D eigenvalue weighted by molar-refractivity contribution is 5.91. The standard InChI is InChI=1S/C29H41N3O5/c1-36-24-14-12-22(13-15-27(33)34)23(18-24)19-32-17-7-11-26(32)29-31-25(20-37-29)28(35)30-16-6-5-10-21-8-3-2-4-9-21/h12,14,18,20-21,26H,2-11,13,15-17,19H2,1H3,(H,30,35)(H,33,34). The highest BCUT2D eigenvalue weighted by Gasteiger charge is 2.31. The van der Waals surface area contributed by atoms with Crippen LogP contribution >= 0.6 is 0 Å². The molecule has 0 bridgehead atoms. The van der Waals surface area contributed by atoms with Gasteiger partial charge in [-0.2, -0.15) is 0 Å². The molecule has 1 aliphatic carbocycles. The summed E-state index contributed by atoms with van der Waals surface area (Å²) in [6.07, 6.45) is 14.2. The van der Waals surface area contributed by atoms with Gasteiger partial charge in [-0.25, -0.2) is 4.98 Å². The monoisotopic (exact) mass is 511 g/mol. The van der Waals surface area contributed by atoms with Crippen molar-refractivity contribution < 1.29 is 23.8 Å². The Kier molecular flexibility index (Phi) is 9.99. The smallest absolute Gasteiger partial charge is 0.303 e. The van der Waals surface area contributed by atoms with E-state index in [-0.39, 0.29) is 18.4 Å². The van der Waals surface area contributed by atoms with Crippen LogP contribution in [0.25, 0.3) is 0 Å². The summed E-state index contributed by atoms with van der Waals surface area (Å²) in [5.41, 5.74) is 2.38. The molecule has 1 saturated carbocycles. The Hall–Kier alpha value is -2.87. The molecular formula is C29H41N3O5. The first-order chi connectivity index (χ1) is 18.0. The number of unbranched alkanes of at least 4 members (excludes halogenated alkanes) is 1. The van der Waals surface area contributed by atoms with E-state index in [9.17, 15) is 9.59 Å². The summed E-state index contributed by atoms with van der Waals surface area (Å²) in [5, 5.41) is 12.1. The van der Waals surface area contributed by atoms with Gasteiger partial charge in [0.1, 0.15) is 12.0 Å². The van der Waals surface area contributed by atoms with Crippen LogP contribution in [0.15, 0.2) is 28.9 Å². The second-order valence-corrected chi connectivity index (χ2v) is 10.5. The summed E-state index contributed by atoms with van der Waals surface area (Å²) in [6, 6.07) is 5.78. The molecule has 0 spiro atoms. The van der Waals surface area contributed by atoms with Gasteiger partial charge in [0.2, 0.25) is 5.89 Å². The summed E-state index contributed by atoms with van der Waals surface area (Å²) in [6.45, 7) is 2.19. The third-order valence-corrected chi connectivity index (χ3v) is 7.85. The van der Waals surface area contributed by atoms with Gasteiger partial charge in [-0.05, 0) is 61.4 Å². The van der Waals surface area contributed by atoms with Crippen molar-refractivity contribution in [2.75, 3.05) is 20.2 Å². The molecule has 1 atom stereocenters. The second kappa shape index (κ2) is 13.6. The number of methoxy groups -OCH3 is 1. The number of nitrogens with zero attached hydrogens (tertiary/aromatic N) is 2. The van der Waals surface area contributed by atoms with Crippen LogP contribution in [0, 0.1) is 5.92 Å². The molecule has 2 heterocycles. The number of aliphatic carboxylic acids is 1. The van der Waals surface area contributed by atoms with Gasteiger partial charge in [-0.15, -0.1) is 0 Å². The van der Waals surface area contributed by atoms with E-state index in [1.54, 1.807) is 7.11 Å². The Labute approximate surface area is 219 Å². The van der Waals surface area contributed by atoms with Gasteiger partial charge in [-0.3, -0.25) is 14.5 Å². The third kappa shape index (κ3) is 7.81. The number of nitrogens with one attached hydrogen (secondary N) is 1. The van der Waals surface area contributed by atoms with E-state index in [1.165, 1.54) is 44.8 Å². The van der Waals surface area contributed by atoms with Gasteiger partial charge in [0.05, 0.1) is 13.2 Å². The number of carbonyl (C=O) groups excluding carboxylic acids is 1. The topological polar surface area (TPSA) is 105 Å². The Balaban J connectivity index is 1.30. The SMILES string of the molecule is COc1ccc(CCC(=O)O)c(CN2CCCC2c2nc(C(=O)NCCCCC3CCCCC3)co2)c1. The predicted molar refractivity (Wildman–Crippen MR) is 141 cm³/mol. The van der Waals surface area contributed by atoms with Crippen molar-refractivity contribution >= 4 is 11.9 Å². The van der Waals surface area contributed by atoms with Crippen LogP contribution in [0.1, 0.15) is 104 Å². The molecule has 2 aromatic rings. The van der Waals surface area contributed by atoms with Crippen LogP contribution in [-0.4, -0.2) is 47.1 Å². The molecule has 202 valence electrons. The molecule has 1 aliphatic heterocycles. The van der Waals surface area contributed by atoms with Crippen LogP contribution in [0.2, 0.25) is 0 Å². The lowest BCUT2D eigenvalue weighted by atomic mass is 9.86. The normalized spacial score (nSPS) is 18.7. The van der Waals surface area contributed by atoms with Crippen molar-refractivity contribution in [1.29, 1.82) is 0 Å². The number of carboxylic acids is 1. The molecule has 1 aromatic heterocycles. The lowest BCUT2D eigenvalue weighted by Gasteiger charge is -2.23. The number of amides is 1. The summed E-state index contributed by atoms with van der Waals surface area (Å²) in [5.74, 6) is 1.20. The van der Waals surface area contributed by atoms with Gasteiger partial charge >= 0.3 is 5.97 Å². The predicted octanol–water partition coefficient (Wildman–Crippen LogP) is 5.52. The minimum atomic E-state index is -0.810. The molecule has 2 aliphatic rings. The summed E-state index contributed by atoms with van der Waals surface area (Å²) in [7, 11) is 1.63. The van der Waals surface area contributed by atoms with E-state index >= 15 is 0 Å². The molecule has 0 radical (unpaired) electrons. The fraction of sp³-hybridized carbons (Fsp3) is 0.621. The van der Waals surface area contributed by atoms with Crippen LogP contribution in [0.4, 0.5) is 0 Å². The summed E-state index contributed by atoms with van der Waals surface area (Å²) >= 11 is 0. The highest BCUT2D eigenvalue weighted by Crippen LogP contribution is 2.34. The van der Waals surface area contributed by atoms with Crippen molar-refractivity contribution in [2.24, 2.45) is 5.92 Å². The Morgan fingerprint density at radius 3 is 2.76 bits per heavy atom. The fourth-order valence-electron chi connectivity index (χ4n) is 5.75. The lowest BCUT2D eigenvalue weighted by molar-refractivity contribution is -0.136. The van der Waals surface area contributed by atoms with Crippen LogP contribution in [0.3, 0.4) is 0 Å². The number of aryl methyl sites for hydroxylation is 1. The third-order valence-electron chi connectivity index (χ3n) is 7.85. The molecule has 4 rings (SSSR count). The number of carbonyl (C=O) groups is 2. The van der Waals surface area contributed by atoms with Crippen molar-refractivity contribution in [1.82, 2.24) is 15.2 Å². The first-order valence-electron chi connectivity index (χ1n) is 13.9. The van der Waals surface area contributed by atoms with Crippen molar-refractivity contribution in [3.05, 3.63) is 47.2 Å². The first-order valence-corrected chi connectivity index (χ1v) is 13.9. The van der Waals surface area contributed by atoms with Gasteiger partial charge in [-0.1, -0.05) is 51.0 Å². The van der Waals surface area contributed by atoms with Gasteiger partial charge in [0, 0.05) is 19.5 Å².